The molecule has 0 saturated heterocycles. The minimum atomic E-state index is -0.109. The number of aromatic amines is 1. The topological polar surface area (TPSA) is 91.0 Å². The number of hydrogen-bond acceptors (Lipinski definition) is 5. The van der Waals surface area contributed by atoms with Crippen LogP contribution in [0.2, 0.25) is 0 Å². The number of pyridine rings is 1. The fourth-order valence-electron chi connectivity index (χ4n) is 3.49. The van der Waals surface area contributed by atoms with Crippen molar-refractivity contribution in [2.45, 2.75) is 6.92 Å². The molecule has 2 aromatic carbocycles. The van der Waals surface area contributed by atoms with Crippen molar-refractivity contribution in [3.8, 4) is 22.5 Å². The molecule has 0 unspecified atom stereocenters. The average molecular weight is 428 g/mol. The van der Waals surface area contributed by atoms with E-state index >= 15 is 0 Å². The van der Waals surface area contributed by atoms with Crippen molar-refractivity contribution < 1.29 is 9.59 Å². The molecule has 162 valence electrons. The summed E-state index contributed by atoms with van der Waals surface area (Å²) >= 11 is 0. The maximum absolute atomic E-state index is 12.5. The number of nitrogens with one attached hydrogen (secondary N) is 2. The van der Waals surface area contributed by atoms with Gasteiger partial charge in [-0.1, -0.05) is 30.3 Å². The van der Waals surface area contributed by atoms with Gasteiger partial charge in [0.05, 0.1) is 11.4 Å². The molecule has 7 heteroatoms. The first-order valence-corrected chi connectivity index (χ1v) is 10.4. The number of amides is 1. The van der Waals surface area contributed by atoms with E-state index in [1.807, 2.05) is 67.5 Å². The van der Waals surface area contributed by atoms with Gasteiger partial charge in [0, 0.05) is 40.7 Å². The molecule has 0 spiro atoms. The lowest BCUT2D eigenvalue weighted by molar-refractivity contribution is 0.0950. The van der Waals surface area contributed by atoms with Crippen molar-refractivity contribution >= 4 is 22.7 Å². The summed E-state index contributed by atoms with van der Waals surface area (Å²) in [6.07, 6.45) is 0. The molecule has 0 aliphatic heterocycles. The summed E-state index contributed by atoms with van der Waals surface area (Å²) in [5.41, 5.74) is 5.09. The van der Waals surface area contributed by atoms with Crippen molar-refractivity contribution in [3.05, 3.63) is 71.8 Å². The average Bonchev–Trinajstić information content (AvgIpc) is 3.22. The fraction of sp³-hybridized carbons (Fsp3) is 0.200. The van der Waals surface area contributed by atoms with Crippen LogP contribution in [0.3, 0.4) is 0 Å². The predicted molar refractivity (Wildman–Crippen MR) is 126 cm³/mol. The molecule has 2 N–H and O–H groups in total. The van der Waals surface area contributed by atoms with E-state index in [1.165, 1.54) is 0 Å². The Bertz CT molecular complexity index is 1290. The number of likely N-dealkylation sites (N-methyl/N-ethyl adjacent to an activating group) is 1. The third kappa shape index (κ3) is 4.58. The molecular weight excluding hydrogens is 402 g/mol. The number of aromatic nitrogens is 3. The maximum Gasteiger partial charge on any atom is 0.251 e. The second-order valence-corrected chi connectivity index (χ2v) is 7.94. The first kappa shape index (κ1) is 21.4. The summed E-state index contributed by atoms with van der Waals surface area (Å²) in [5, 5.41) is 11.2. The van der Waals surface area contributed by atoms with Gasteiger partial charge in [-0.05, 0) is 51.4 Å². The molecule has 4 aromatic rings. The van der Waals surface area contributed by atoms with E-state index in [1.54, 1.807) is 19.1 Å². The number of hydrogen-bond donors (Lipinski definition) is 2. The highest BCUT2D eigenvalue weighted by Gasteiger charge is 2.13. The van der Waals surface area contributed by atoms with Crippen LogP contribution in [0.15, 0.2) is 60.7 Å². The SMILES string of the molecule is CC(=O)c1cccc(-c2[nH]nc3nc(-c4cccc(C(=O)NCCN(C)C)c4)ccc23)c1. The first-order chi connectivity index (χ1) is 15.4. The maximum atomic E-state index is 12.5. The Morgan fingerprint density at radius 1 is 0.969 bits per heavy atom. The van der Waals surface area contributed by atoms with Gasteiger partial charge in [0.25, 0.3) is 5.91 Å². The summed E-state index contributed by atoms with van der Waals surface area (Å²) in [6, 6.07) is 18.7. The Balaban J connectivity index is 1.61. The van der Waals surface area contributed by atoms with E-state index in [-0.39, 0.29) is 11.7 Å². The molecule has 2 aromatic heterocycles. The molecule has 0 atom stereocenters. The lowest BCUT2D eigenvalue weighted by atomic mass is 10.0. The minimum absolute atomic E-state index is 0.0155. The van der Waals surface area contributed by atoms with Crippen LogP contribution >= 0.6 is 0 Å². The largest absolute Gasteiger partial charge is 0.351 e. The van der Waals surface area contributed by atoms with Crippen molar-refractivity contribution in [2.24, 2.45) is 0 Å². The third-order valence-corrected chi connectivity index (χ3v) is 5.24. The van der Waals surface area contributed by atoms with Gasteiger partial charge in [0.2, 0.25) is 0 Å². The summed E-state index contributed by atoms with van der Waals surface area (Å²) in [4.78, 5) is 30.9. The molecule has 0 bridgehead atoms. The van der Waals surface area contributed by atoms with Gasteiger partial charge in [-0.2, -0.15) is 5.10 Å². The number of fused-ring (bicyclic) bond motifs is 1. The molecule has 0 radical (unpaired) electrons. The highest BCUT2D eigenvalue weighted by molar-refractivity contribution is 5.98. The monoisotopic (exact) mass is 427 g/mol. The standard InChI is InChI=1S/C25H25N5O2/c1-16(31)17-6-4-8-19(14-17)23-21-10-11-22(27-24(21)29-28-23)18-7-5-9-20(15-18)25(32)26-12-13-30(2)3/h4-11,14-15H,12-13H2,1-3H3,(H,26,32)(H,27,28,29). The Morgan fingerprint density at radius 3 is 2.44 bits per heavy atom. The van der Waals surface area contributed by atoms with Crippen LogP contribution in [0.5, 0.6) is 0 Å². The number of benzene rings is 2. The molecule has 0 aliphatic rings. The van der Waals surface area contributed by atoms with E-state index in [0.29, 0.717) is 23.3 Å². The zero-order valence-electron chi connectivity index (χ0n) is 18.3. The molecule has 0 fully saturated rings. The van der Waals surface area contributed by atoms with Crippen molar-refractivity contribution in [2.75, 3.05) is 27.2 Å². The van der Waals surface area contributed by atoms with E-state index in [9.17, 15) is 9.59 Å². The minimum Gasteiger partial charge on any atom is -0.351 e. The van der Waals surface area contributed by atoms with Crippen molar-refractivity contribution in [1.82, 2.24) is 25.4 Å². The molecule has 7 nitrogen and oxygen atoms in total. The van der Waals surface area contributed by atoms with Crippen LogP contribution in [0.25, 0.3) is 33.5 Å². The van der Waals surface area contributed by atoms with Gasteiger partial charge in [-0.25, -0.2) is 4.98 Å². The van der Waals surface area contributed by atoms with Crippen molar-refractivity contribution in [3.63, 3.8) is 0 Å². The van der Waals surface area contributed by atoms with Crippen LogP contribution in [0.1, 0.15) is 27.6 Å². The van der Waals surface area contributed by atoms with Gasteiger partial charge >= 0.3 is 0 Å². The Kier molecular flexibility index (Phi) is 6.09. The van der Waals surface area contributed by atoms with E-state index in [0.717, 1.165) is 34.4 Å². The van der Waals surface area contributed by atoms with Gasteiger partial charge < -0.3 is 10.2 Å². The molecule has 0 aliphatic carbocycles. The molecule has 0 saturated carbocycles. The van der Waals surface area contributed by atoms with Gasteiger partial charge in [0.15, 0.2) is 11.4 Å². The Morgan fingerprint density at radius 2 is 1.69 bits per heavy atom. The van der Waals surface area contributed by atoms with Crippen LogP contribution in [0, 0.1) is 0 Å². The summed E-state index contributed by atoms with van der Waals surface area (Å²) in [7, 11) is 3.93. The number of rotatable bonds is 7. The smallest absolute Gasteiger partial charge is 0.251 e. The summed E-state index contributed by atoms with van der Waals surface area (Å²) in [5.74, 6) is -0.0936. The van der Waals surface area contributed by atoms with E-state index in [4.69, 9.17) is 0 Å². The Hall–Kier alpha value is -3.84. The number of carbonyl (C=O) groups excluding carboxylic acids is 2. The van der Waals surface area contributed by atoms with Crippen LogP contribution in [0.4, 0.5) is 0 Å². The number of ketones is 1. The highest BCUT2D eigenvalue weighted by Crippen LogP contribution is 2.28. The molecular formula is C25H25N5O2. The van der Waals surface area contributed by atoms with Gasteiger partial charge in [0.1, 0.15) is 0 Å². The summed E-state index contributed by atoms with van der Waals surface area (Å²) in [6.45, 7) is 2.91. The number of H-pyrrole nitrogens is 1. The normalized spacial score (nSPS) is 11.1. The lowest BCUT2D eigenvalue weighted by Gasteiger charge is -2.11. The third-order valence-electron chi connectivity index (χ3n) is 5.24. The van der Waals surface area contributed by atoms with E-state index < -0.39 is 0 Å². The first-order valence-electron chi connectivity index (χ1n) is 10.4. The fourth-order valence-corrected chi connectivity index (χ4v) is 3.49. The number of carbonyl (C=O) groups is 2. The predicted octanol–water partition coefficient (Wildman–Crippen LogP) is 3.79. The van der Waals surface area contributed by atoms with Gasteiger partial charge in [-0.3, -0.25) is 14.7 Å². The Labute approximate surface area is 186 Å². The zero-order chi connectivity index (χ0) is 22.7. The van der Waals surface area contributed by atoms with E-state index in [2.05, 4.69) is 20.5 Å². The second-order valence-electron chi connectivity index (χ2n) is 7.94. The molecule has 4 rings (SSSR count). The molecule has 32 heavy (non-hydrogen) atoms. The quantitative estimate of drug-likeness (QED) is 0.438. The molecule has 2 heterocycles. The summed E-state index contributed by atoms with van der Waals surface area (Å²) < 4.78 is 0. The highest BCUT2D eigenvalue weighted by atomic mass is 16.1. The van der Waals surface area contributed by atoms with Crippen LogP contribution in [-0.4, -0.2) is 59.0 Å². The second kappa shape index (κ2) is 9.11. The van der Waals surface area contributed by atoms with Crippen LogP contribution < -0.4 is 5.32 Å². The van der Waals surface area contributed by atoms with Crippen molar-refractivity contribution in [1.29, 1.82) is 0 Å². The lowest BCUT2D eigenvalue weighted by Crippen LogP contribution is -2.31. The zero-order valence-corrected chi connectivity index (χ0v) is 18.3. The molecule has 1 amide bonds. The van der Waals surface area contributed by atoms with Gasteiger partial charge in [-0.15, -0.1) is 0 Å². The number of nitrogens with zero attached hydrogens (tertiary/aromatic N) is 3. The van der Waals surface area contributed by atoms with Crippen LogP contribution in [-0.2, 0) is 0 Å². The number of Topliss-reactive ketones (excluding diaryl/α,β-unsaturated/α-hetero) is 1.